The van der Waals surface area contributed by atoms with Crippen molar-refractivity contribution in [3.8, 4) is 11.1 Å². The largest absolute Gasteiger partial charge is 0.357 e. The topological polar surface area (TPSA) is 95.5 Å². The second-order valence-corrected chi connectivity index (χ2v) is 8.33. The fourth-order valence-electron chi connectivity index (χ4n) is 3.87. The van der Waals surface area contributed by atoms with Gasteiger partial charge in [-0.05, 0) is 50.8 Å². The van der Waals surface area contributed by atoms with E-state index >= 15 is 0 Å². The molecule has 0 bridgehead atoms. The van der Waals surface area contributed by atoms with E-state index in [-0.39, 0.29) is 24.4 Å². The minimum Gasteiger partial charge on any atom is -0.357 e. The number of hydrogen-bond donors (Lipinski definition) is 1. The molecule has 0 atom stereocenters. The molecule has 2 aromatic heterocycles. The summed E-state index contributed by atoms with van der Waals surface area (Å²) in [4.78, 5) is 49.4. The van der Waals surface area contributed by atoms with Crippen LogP contribution in [0, 0.1) is 6.92 Å². The first-order valence-corrected chi connectivity index (χ1v) is 10.9. The predicted octanol–water partition coefficient (Wildman–Crippen LogP) is 2.56. The lowest BCUT2D eigenvalue weighted by Crippen LogP contribution is -2.43. The molecule has 1 N–H and O–H groups in total. The molecule has 0 aromatic carbocycles. The number of likely N-dealkylation sites (N-methyl/N-ethyl adjacent to an activating group) is 1. The third-order valence-electron chi connectivity index (χ3n) is 5.86. The number of pyridine rings is 2. The third kappa shape index (κ3) is 4.85. The van der Waals surface area contributed by atoms with E-state index in [4.69, 9.17) is 0 Å². The number of aldehydes is 1. The first-order valence-electron chi connectivity index (χ1n) is 10.9. The van der Waals surface area contributed by atoms with E-state index in [2.05, 4.69) is 15.3 Å². The molecule has 4 rings (SSSR count). The average molecular weight is 434 g/mol. The molecule has 2 aliphatic rings. The summed E-state index contributed by atoms with van der Waals surface area (Å²) >= 11 is 0. The highest BCUT2D eigenvalue weighted by atomic mass is 16.2. The molecule has 0 saturated heterocycles. The fourth-order valence-corrected chi connectivity index (χ4v) is 3.87. The van der Waals surface area contributed by atoms with Gasteiger partial charge in [-0.25, -0.2) is 4.98 Å². The number of carbonyl (C=O) groups is 3. The molecule has 1 fully saturated rings. The summed E-state index contributed by atoms with van der Waals surface area (Å²) in [6.07, 6.45) is 7.46. The number of nitrogens with zero attached hydrogens (tertiary/aromatic N) is 4. The molecular weight excluding hydrogens is 406 g/mol. The Labute approximate surface area is 187 Å². The second kappa shape index (κ2) is 9.30. The van der Waals surface area contributed by atoms with Crippen LogP contribution in [0.15, 0.2) is 47.9 Å². The summed E-state index contributed by atoms with van der Waals surface area (Å²) in [5.41, 5.74) is 3.61. The van der Waals surface area contributed by atoms with E-state index in [1.807, 2.05) is 25.1 Å². The summed E-state index contributed by atoms with van der Waals surface area (Å²) in [6.45, 7) is 2.47. The van der Waals surface area contributed by atoms with E-state index in [1.165, 1.54) is 0 Å². The smallest absolute Gasteiger partial charge is 0.270 e. The second-order valence-electron chi connectivity index (χ2n) is 8.33. The molecule has 0 spiro atoms. The zero-order valence-electron chi connectivity index (χ0n) is 18.4. The molecule has 1 aliphatic heterocycles. The lowest BCUT2D eigenvalue weighted by atomic mass is 10.0. The molecule has 3 heterocycles. The van der Waals surface area contributed by atoms with Crippen LogP contribution in [0.3, 0.4) is 0 Å². The fraction of sp³-hybridized carbons (Fsp3) is 0.375. The Hall–Kier alpha value is -3.55. The molecule has 0 radical (unpaired) electrons. The number of hydrogen-bond acceptors (Lipinski definition) is 6. The Bertz CT molecular complexity index is 1040. The van der Waals surface area contributed by atoms with Crippen molar-refractivity contribution in [2.24, 2.45) is 0 Å². The maximum Gasteiger partial charge on any atom is 0.270 e. The van der Waals surface area contributed by atoms with Gasteiger partial charge >= 0.3 is 0 Å². The molecule has 2 aromatic rings. The van der Waals surface area contributed by atoms with Crippen molar-refractivity contribution in [2.45, 2.75) is 38.6 Å². The number of amides is 2. The summed E-state index contributed by atoms with van der Waals surface area (Å²) in [5.74, 6) is -0.0385. The van der Waals surface area contributed by atoms with E-state index < -0.39 is 0 Å². The van der Waals surface area contributed by atoms with E-state index in [0.717, 1.165) is 42.4 Å². The van der Waals surface area contributed by atoms with Crippen LogP contribution in [0.25, 0.3) is 11.1 Å². The highest BCUT2D eigenvalue weighted by Gasteiger charge is 2.35. The standard InChI is InChI=1S/C24H27N5O3/c1-16-5-6-17(12-25-16)18-7-10-21(26-13-18)27-22(31)14-29-11-3-4-19(15-30)23(29)24(32)28(2)20-8-9-20/h5-7,10,12-13,15,20H,3-4,8-9,11,14H2,1-2H3,(H,26,27,31). The number of nitrogens with one attached hydrogen (secondary N) is 1. The number of carbonyl (C=O) groups excluding carboxylic acids is 3. The minimum absolute atomic E-state index is 0.0117. The zero-order chi connectivity index (χ0) is 22.7. The average Bonchev–Trinajstić information content (AvgIpc) is 3.64. The number of allylic oxidation sites excluding steroid dienone is 1. The van der Waals surface area contributed by atoms with Crippen LogP contribution < -0.4 is 5.32 Å². The summed E-state index contributed by atoms with van der Waals surface area (Å²) in [7, 11) is 1.76. The van der Waals surface area contributed by atoms with Crippen LogP contribution in [-0.2, 0) is 14.4 Å². The lowest BCUT2D eigenvalue weighted by Gasteiger charge is -2.33. The monoisotopic (exact) mass is 433 g/mol. The summed E-state index contributed by atoms with van der Waals surface area (Å²) in [5, 5.41) is 2.79. The Kier molecular flexibility index (Phi) is 6.30. The lowest BCUT2D eigenvalue weighted by molar-refractivity contribution is -0.129. The van der Waals surface area contributed by atoms with E-state index in [1.54, 1.807) is 35.3 Å². The van der Waals surface area contributed by atoms with Gasteiger partial charge in [-0.3, -0.25) is 19.4 Å². The van der Waals surface area contributed by atoms with Gasteiger partial charge in [0.25, 0.3) is 5.91 Å². The van der Waals surface area contributed by atoms with Crippen molar-refractivity contribution in [2.75, 3.05) is 25.5 Å². The normalized spacial score (nSPS) is 16.0. The zero-order valence-corrected chi connectivity index (χ0v) is 18.4. The van der Waals surface area contributed by atoms with Crippen LogP contribution >= 0.6 is 0 Å². The first-order chi connectivity index (χ1) is 15.5. The van der Waals surface area contributed by atoms with Crippen molar-refractivity contribution >= 4 is 23.9 Å². The van der Waals surface area contributed by atoms with Gasteiger partial charge in [0.15, 0.2) is 0 Å². The molecule has 1 aliphatic carbocycles. The van der Waals surface area contributed by atoms with Gasteiger partial charge in [0.05, 0.1) is 6.54 Å². The van der Waals surface area contributed by atoms with E-state index in [9.17, 15) is 14.4 Å². The summed E-state index contributed by atoms with van der Waals surface area (Å²) in [6, 6.07) is 7.75. The third-order valence-corrected chi connectivity index (χ3v) is 5.86. The van der Waals surface area contributed by atoms with Gasteiger partial charge in [-0.2, -0.15) is 0 Å². The Balaban J connectivity index is 1.43. The van der Waals surface area contributed by atoms with Gasteiger partial charge in [0.2, 0.25) is 5.91 Å². The van der Waals surface area contributed by atoms with Gasteiger partial charge < -0.3 is 15.1 Å². The van der Waals surface area contributed by atoms with E-state index in [0.29, 0.717) is 30.1 Å². The van der Waals surface area contributed by atoms with Crippen LogP contribution in [0.5, 0.6) is 0 Å². The first kappa shape index (κ1) is 21.7. The van der Waals surface area contributed by atoms with Gasteiger partial charge in [0, 0.05) is 54.4 Å². The SMILES string of the molecule is Cc1ccc(-c2ccc(NC(=O)CN3CCCC(C=O)=C3C(=O)N(C)C3CC3)nc2)cn1. The maximum atomic E-state index is 13.0. The molecule has 0 unspecified atom stereocenters. The molecule has 2 amide bonds. The molecular formula is C24H27N5O3. The molecule has 32 heavy (non-hydrogen) atoms. The minimum atomic E-state index is -0.284. The van der Waals surface area contributed by atoms with Crippen molar-refractivity contribution < 1.29 is 14.4 Å². The Morgan fingerprint density at radius 1 is 1.16 bits per heavy atom. The van der Waals surface area contributed by atoms with Crippen molar-refractivity contribution in [3.63, 3.8) is 0 Å². The van der Waals surface area contributed by atoms with Gasteiger partial charge in [0.1, 0.15) is 17.8 Å². The van der Waals surface area contributed by atoms with Gasteiger partial charge in [-0.15, -0.1) is 0 Å². The van der Waals surface area contributed by atoms with Gasteiger partial charge in [-0.1, -0.05) is 6.07 Å². The number of anilines is 1. The molecule has 8 heteroatoms. The molecule has 166 valence electrons. The highest BCUT2D eigenvalue weighted by Crippen LogP contribution is 2.29. The van der Waals surface area contributed by atoms with Crippen LogP contribution in [0.2, 0.25) is 0 Å². The van der Waals surface area contributed by atoms with Crippen molar-refractivity contribution in [1.29, 1.82) is 0 Å². The maximum absolute atomic E-state index is 13.0. The quantitative estimate of drug-likeness (QED) is 0.675. The number of aromatic nitrogens is 2. The number of rotatable bonds is 7. The van der Waals surface area contributed by atoms with Crippen LogP contribution in [0.1, 0.15) is 31.4 Å². The Morgan fingerprint density at radius 3 is 2.47 bits per heavy atom. The van der Waals surface area contributed by atoms with Crippen molar-refractivity contribution in [1.82, 2.24) is 19.8 Å². The predicted molar refractivity (Wildman–Crippen MR) is 121 cm³/mol. The number of aryl methyl sites for hydroxylation is 1. The Morgan fingerprint density at radius 2 is 1.88 bits per heavy atom. The molecule has 1 saturated carbocycles. The van der Waals surface area contributed by atoms with Crippen molar-refractivity contribution in [3.05, 3.63) is 53.6 Å². The summed E-state index contributed by atoms with van der Waals surface area (Å²) < 4.78 is 0. The van der Waals surface area contributed by atoms with Crippen LogP contribution in [0.4, 0.5) is 5.82 Å². The molecule has 8 nitrogen and oxygen atoms in total. The van der Waals surface area contributed by atoms with Crippen LogP contribution in [-0.4, -0.2) is 64.0 Å². The highest BCUT2D eigenvalue weighted by molar-refractivity contribution is 6.00.